The van der Waals surface area contributed by atoms with E-state index in [1.54, 1.807) is 12.4 Å². The maximum atomic E-state index is 10.7. The van der Waals surface area contributed by atoms with E-state index in [2.05, 4.69) is 14.9 Å². The van der Waals surface area contributed by atoms with Crippen molar-refractivity contribution in [3.63, 3.8) is 0 Å². The highest BCUT2D eigenvalue weighted by molar-refractivity contribution is 5.06. The van der Waals surface area contributed by atoms with Gasteiger partial charge in [-0.1, -0.05) is 19.3 Å². The predicted octanol–water partition coefficient (Wildman–Crippen LogP) is 2.31. The molecule has 0 spiro atoms. The van der Waals surface area contributed by atoms with Crippen LogP contribution in [0.1, 0.15) is 56.7 Å². The molecule has 0 unspecified atom stereocenters. The molecule has 0 radical (unpaired) electrons. The highest BCUT2D eigenvalue weighted by Crippen LogP contribution is 2.35. The van der Waals surface area contributed by atoms with Gasteiger partial charge in [-0.2, -0.15) is 0 Å². The largest absolute Gasteiger partial charge is 0.389 e. The lowest BCUT2D eigenvalue weighted by molar-refractivity contribution is -0.0295. The van der Waals surface area contributed by atoms with E-state index in [0.29, 0.717) is 6.04 Å². The zero-order valence-electron chi connectivity index (χ0n) is 11.5. The first-order valence-electron chi connectivity index (χ1n) is 7.49. The van der Waals surface area contributed by atoms with Gasteiger partial charge >= 0.3 is 0 Å². The molecule has 1 saturated carbocycles. The third-order valence-electron chi connectivity index (χ3n) is 4.57. The predicted molar refractivity (Wildman–Crippen MR) is 73.6 cm³/mol. The van der Waals surface area contributed by atoms with Gasteiger partial charge in [-0.05, 0) is 32.2 Å². The molecule has 19 heavy (non-hydrogen) atoms. The van der Waals surface area contributed by atoms with Gasteiger partial charge in [0.15, 0.2) is 0 Å². The average Bonchev–Trinajstić information content (AvgIpc) is 2.88. The first-order chi connectivity index (χ1) is 9.27. The van der Waals surface area contributed by atoms with Crippen LogP contribution in [0.15, 0.2) is 18.6 Å². The molecule has 104 valence electrons. The van der Waals surface area contributed by atoms with Crippen LogP contribution in [0.3, 0.4) is 0 Å². The molecule has 1 aliphatic carbocycles. The summed E-state index contributed by atoms with van der Waals surface area (Å²) in [7, 11) is 0. The minimum atomic E-state index is -0.469. The second-order valence-corrected chi connectivity index (χ2v) is 6.04. The van der Waals surface area contributed by atoms with E-state index < -0.39 is 5.60 Å². The lowest BCUT2D eigenvalue weighted by Crippen LogP contribution is -2.44. The van der Waals surface area contributed by atoms with Gasteiger partial charge in [-0.15, -0.1) is 0 Å². The van der Waals surface area contributed by atoms with Crippen LogP contribution in [0.2, 0.25) is 0 Å². The maximum Gasteiger partial charge on any atom is 0.0774 e. The zero-order chi connectivity index (χ0) is 13.1. The van der Waals surface area contributed by atoms with Crippen LogP contribution >= 0.6 is 0 Å². The van der Waals surface area contributed by atoms with Gasteiger partial charge in [-0.25, -0.2) is 0 Å². The Kier molecular flexibility index (Phi) is 3.80. The van der Waals surface area contributed by atoms with E-state index in [-0.39, 0.29) is 0 Å². The third kappa shape index (κ3) is 2.95. The van der Waals surface area contributed by atoms with Crippen molar-refractivity contribution in [2.75, 3.05) is 13.1 Å². The van der Waals surface area contributed by atoms with Crippen molar-refractivity contribution in [1.29, 1.82) is 0 Å². The van der Waals surface area contributed by atoms with E-state index in [1.165, 1.54) is 25.7 Å². The summed E-state index contributed by atoms with van der Waals surface area (Å²) in [5, 5.41) is 10.7. The van der Waals surface area contributed by atoms with Crippen LogP contribution in [0.5, 0.6) is 0 Å². The molecule has 2 fully saturated rings. The summed E-state index contributed by atoms with van der Waals surface area (Å²) in [5.41, 5.74) is 0.586. The van der Waals surface area contributed by atoms with E-state index in [0.717, 1.165) is 38.0 Å². The first kappa shape index (κ1) is 13.0. The van der Waals surface area contributed by atoms with Gasteiger partial charge in [0.25, 0.3) is 0 Å². The van der Waals surface area contributed by atoms with Crippen LogP contribution in [0.25, 0.3) is 0 Å². The summed E-state index contributed by atoms with van der Waals surface area (Å²) < 4.78 is 0. The zero-order valence-corrected chi connectivity index (χ0v) is 11.5. The molecule has 4 heteroatoms. The highest BCUT2D eigenvalue weighted by Gasteiger charge is 2.36. The second kappa shape index (κ2) is 5.55. The van der Waals surface area contributed by atoms with E-state index in [1.807, 2.05) is 6.20 Å². The summed E-state index contributed by atoms with van der Waals surface area (Å²) >= 11 is 0. The van der Waals surface area contributed by atoms with E-state index >= 15 is 0 Å². The number of rotatable bonds is 3. The van der Waals surface area contributed by atoms with Gasteiger partial charge in [0.1, 0.15) is 0 Å². The number of aromatic nitrogens is 2. The molecule has 2 aliphatic rings. The minimum Gasteiger partial charge on any atom is -0.389 e. The summed E-state index contributed by atoms with van der Waals surface area (Å²) in [6.07, 6.45) is 13.2. The molecule has 2 heterocycles. The van der Waals surface area contributed by atoms with Crippen molar-refractivity contribution in [2.24, 2.45) is 0 Å². The van der Waals surface area contributed by atoms with Crippen molar-refractivity contribution in [1.82, 2.24) is 14.9 Å². The SMILES string of the molecule is OC1(CN2CCC[C@H]2c2cnccn2)CCCCC1. The van der Waals surface area contributed by atoms with Crippen LogP contribution in [0, 0.1) is 0 Å². The average molecular weight is 261 g/mol. The Labute approximate surface area is 114 Å². The van der Waals surface area contributed by atoms with Crippen LogP contribution in [-0.4, -0.2) is 38.7 Å². The molecular weight excluding hydrogens is 238 g/mol. The molecule has 1 aromatic heterocycles. The Bertz CT molecular complexity index is 403. The van der Waals surface area contributed by atoms with Crippen molar-refractivity contribution in [2.45, 2.75) is 56.6 Å². The normalized spacial score (nSPS) is 27.5. The molecule has 0 amide bonds. The Morgan fingerprint density at radius 1 is 1.21 bits per heavy atom. The van der Waals surface area contributed by atoms with Gasteiger partial charge in [0.05, 0.1) is 17.3 Å². The summed E-state index contributed by atoms with van der Waals surface area (Å²) in [6, 6.07) is 0.347. The number of hydrogen-bond acceptors (Lipinski definition) is 4. The fourth-order valence-electron chi connectivity index (χ4n) is 3.58. The van der Waals surface area contributed by atoms with Crippen LogP contribution in [-0.2, 0) is 0 Å². The monoisotopic (exact) mass is 261 g/mol. The molecule has 3 rings (SSSR count). The summed E-state index contributed by atoms with van der Waals surface area (Å²) in [4.78, 5) is 11.0. The summed E-state index contributed by atoms with van der Waals surface area (Å²) in [5.74, 6) is 0. The smallest absolute Gasteiger partial charge is 0.0774 e. The van der Waals surface area contributed by atoms with Gasteiger partial charge in [0.2, 0.25) is 0 Å². The minimum absolute atomic E-state index is 0.347. The fourth-order valence-corrected chi connectivity index (χ4v) is 3.58. The maximum absolute atomic E-state index is 10.7. The molecule has 1 aromatic rings. The summed E-state index contributed by atoms with van der Waals surface area (Å²) in [6.45, 7) is 1.87. The van der Waals surface area contributed by atoms with Crippen molar-refractivity contribution >= 4 is 0 Å². The molecular formula is C15H23N3O. The fraction of sp³-hybridized carbons (Fsp3) is 0.733. The molecule has 4 nitrogen and oxygen atoms in total. The Morgan fingerprint density at radius 2 is 2.05 bits per heavy atom. The number of likely N-dealkylation sites (tertiary alicyclic amines) is 1. The Balaban J connectivity index is 1.69. The number of hydrogen-bond donors (Lipinski definition) is 1. The van der Waals surface area contributed by atoms with E-state index in [9.17, 15) is 5.11 Å². The van der Waals surface area contributed by atoms with Crippen LogP contribution < -0.4 is 0 Å². The quantitative estimate of drug-likeness (QED) is 0.907. The highest BCUT2D eigenvalue weighted by atomic mass is 16.3. The molecule has 1 saturated heterocycles. The number of β-amino-alcohol motifs (C(OH)–C–C–N with tert-alkyl or cyclic N) is 1. The van der Waals surface area contributed by atoms with Crippen molar-refractivity contribution in [3.8, 4) is 0 Å². The van der Waals surface area contributed by atoms with Gasteiger partial charge < -0.3 is 5.11 Å². The van der Waals surface area contributed by atoms with Gasteiger partial charge in [0, 0.05) is 25.1 Å². The standard InChI is InChI=1S/C15H23N3O/c19-15(6-2-1-3-7-15)12-18-10-4-5-14(18)13-11-16-8-9-17-13/h8-9,11,14,19H,1-7,10,12H2/t14-/m0/s1. The lowest BCUT2D eigenvalue weighted by atomic mass is 9.84. The van der Waals surface area contributed by atoms with Gasteiger partial charge in [-0.3, -0.25) is 14.9 Å². The first-order valence-corrected chi connectivity index (χ1v) is 7.49. The van der Waals surface area contributed by atoms with E-state index in [4.69, 9.17) is 0 Å². The van der Waals surface area contributed by atoms with Crippen molar-refractivity contribution < 1.29 is 5.11 Å². The number of nitrogens with zero attached hydrogens (tertiary/aromatic N) is 3. The van der Waals surface area contributed by atoms with Crippen molar-refractivity contribution in [3.05, 3.63) is 24.3 Å². The Morgan fingerprint density at radius 3 is 2.79 bits per heavy atom. The Hall–Kier alpha value is -1.00. The second-order valence-electron chi connectivity index (χ2n) is 6.04. The lowest BCUT2D eigenvalue weighted by Gasteiger charge is -2.37. The molecule has 0 bridgehead atoms. The third-order valence-corrected chi connectivity index (χ3v) is 4.57. The molecule has 0 aromatic carbocycles. The molecule has 1 atom stereocenters. The molecule has 1 N–H and O–H groups in total. The number of aliphatic hydroxyl groups is 1. The molecule has 1 aliphatic heterocycles. The topological polar surface area (TPSA) is 49.2 Å². The van der Waals surface area contributed by atoms with Crippen LogP contribution in [0.4, 0.5) is 0 Å².